The summed E-state index contributed by atoms with van der Waals surface area (Å²) in [6.45, 7) is 4.65. The van der Waals surface area contributed by atoms with Crippen LogP contribution >= 0.6 is 0 Å². The molecule has 0 bridgehead atoms. The molecule has 1 aliphatic rings. The highest BCUT2D eigenvalue weighted by molar-refractivity contribution is 6.09. The highest BCUT2D eigenvalue weighted by Crippen LogP contribution is 2.50. The number of nitrogens with zero attached hydrogens (tertiary/aromatic N) is 2. The van der Waals surface area contributed by atoms with E-state index in [1.165, 1.54) is 38.8 Å². The number of aromatic nitrogens is 2. The summed E-state index contributed by atoms with van der Waals surface area (Å²) in [6, 6.07) is 28.3. The number of rotatable bonds is 1. The Morgan fingerprint density at radius 1 is 0.714 bits per heavy atom. The number of hydrogen-bond acceptors (Lipinski definition) is 1. The number of benzene rings is 3. The van der Waals surface area contributed by atoms with E-state index in [-0.39, 0.29) is 5.41 Å². The third kappa shape index (κ3) is 1.90. The zero-order valence-electron chi connectivity index (χ0n) is 16.0. The SMILES string of the molecule is CC1(C)c2ccccc2-c2cc3c(cc21)c1ncccc1n3-c1ccccc1. The molecule has 0 saturated carbocycles. The van der Waals surface area contributed by atoms with E-state index in [1.807, 2.05) is 12.3 Å². The molecule has 0 amide bonds. The summed E-state index contributed by atoms with van der Waals surface area (Å²) in [5.74, 6) is 0. The summed E-state index contributed by atoms with van der Waals surface area (Å²) in [7, 11) is 0. The average molecular weight is 360 g/mol. The van der Waals surface area contributed by atoms with E-state index in [9.17, 15) is 0 Å². The minimum Gasteiger partial charge on any atom is -0.308 e. The standard InChI is InChI=1S/C26H20N2/c1-26(2)21-12-7-6-11-18(21)19-16-24-20(15-22(19)26)25-23(13-8-14-27-25)28(24)17-9-4-3-5-10-17/h3-16H,1-2H3. The Kier molecular flexibility index (Phi) is 2.98. The molecule has 2 heterocycles. The van der Waals surface area contributed by atoms with E-state index < -0.39 is 0 Å². The van der Waals surface area contributed by atoms with Crippen molar-refractivity contribution in [3.8, 4) is 16.8 Å². The Morgan fingerprint density at radius 2 is 1.50 bits per heavy atom. The number of hydrogen-bond donors (Lipinski definition) is 0. The second-order valence-corrected chi connectivity index (χ2v) is 8.13. The highest BCUT2D eigenvalue weighted by Gasteiger charge is 2.36. The van der Waals surface area contributed by atoms with Crippen molar-refractivity contribution in [1.29, 1.82) is 0 Å². The van der Waals surface area contributed by atoms with E-state index in [0.29, 0.717) is 0 Å². The van der Waals surface area contributed by atoms with E-state index >= 15 is 0 Å². The first-order valence-electron chi connectivity index (χ1n) is 9.75. The van der Waals surface area contributed by atoms with E-state index in [1.54, 1.807) is 0 Å². The minimum atomic E-state index is -0.00390. The summed E-state index contributed by atoms with van der Waals surface area (Å²) in [6.07, 6.45) is 1.89. The van der Waals surface area contributed by atoms with Gasteiger partial charge in [0.1, 0.15) is 0 Å². The Bertz CT molecular complexity index is 1370. The van der Waals surface area contributed by atoms with Gasteiger partial charge in [0, 0.05) is 22.7 Å². The van der Waals surface area contributed by atoms with Crippen molar-refractivity contribution in [2.24, 2.45) is 0 Å². The van der Waals surface area contributed by atoms with Crippen LogP contribution in [0.3, 0.4) is 0 Å². The fraction of sp³-hybridized carbons (Fsp3) is 0.115. The average Bonchev–Trinajstić information content (AvgIpc) is 3.17. The molecule has 0 spiro atoms. The van der Waals surface area contributed by atoms with Crippen molar-refractivity contribution in [3.05, 3.63) is 96.2 Å². The van der Waals surface area contributed by atoms with Gasteiger partial charge in [0.25, 0.3) is 0 Å². The maximum atomic E-state index is 4.76. The topological polar surface area (TPSA) is 17.8 Å². The fourth-order valence-electron chi connectivity index (χ4n) is 4.88. The van der Waals surface area contributed by atoms with Crippen molar-refractivity contribution in [3.63, 3.8) is 0 Å². The first-order valence-corrected chi connectivity index (χ1v) is 9.75. The first kappa shape index (κ1) is 15.6. The van der Waals surface area contributed by atoms with Gasteiger partial charge in [-0.3, -0.25) is 4.98 Å². The predicted molar refractivity (Wildman–Crippen MR) is 116 cm³/mol. The predicted octanol–water partition coefficient (Wildman–Crippen LogP) is 6.49. The molecular formula is C26H20N2. The lowest BCUT2D eigenvalue weighted by atomic mass is 9.82. The van der Waals surface area contributed by atoms with Crippen molar-refractivity contribution >= 4 is 21.9 Å². The molecule has 0 atom stereocenters. The molecule has 0 radical (unpaired) electrons. The van der Waals surface area contributed by atoms with Gasteiger partial charge in [-0.2, -0.15) is 0 Å². The maximum Gasteiger partial charge on any atom is 0.0963 e. The third-order valence-electron chi connectivity index (χ3n) is 6.24. The second-order valence-electron chi connectivity index (χ2n) is 8.13. The molecule has 6 rings (SSSR count). The van der Waals surface area contributed by atoms with Crippen LogP contribution in [0.25, 0.3) is 38.8 Å². The Morgan fingerprint density at radius 3 is 2.36 bits per heavy atom. The van der Waals surface area contributed by atoms with Crippen molar-refractivity contribution in [1.82, 2.24) is 9.55 Å². The summed E-state index contributed by atoms with van der Waals surface area (Å²) >= 11 is 0. The van der Waals surface area contributed by atoms with Crippen molar-refractivity contribution in [2.75, 3.05) is 0 Å². The van der Waals surface area contributed by atoms with Gasteiger partial charge < -0.3 is 4.57 Å². The van der Waals surface area contributed by atoms with Crippen molar-refractivity contribution in [2.45, 2.75) is 19.3 Å². The van der Waals surface area contributed by atoms with Crippen LogP contribution in [0.5, 0.6) is 0 Å². The highest BCUT2D eigenvalue weighted by atomic mass is 15.0. The molecule has 0 unspecified atom stereocenters. The number of fused-ring (bicyclic) bond motifs is 6. The summed E-state index contributed by atoms with van der Waals surface area (Å²) in [4.78, 5) is 4.76. The van der Waals surface area contributed by atoms with Gasteiger partial charge in [-0.1, -0.05) is 56.3 Å². The van der Waals surface area contributed by atoms with Crippen LogP contribution in [-0.4, -0.2) is 9.55 Å². The van der Waals surface area contributed by atoms with Crippen molar-refractivity contribution < 1.29 is 0 Å². The summed E-state index contributed by atoms with van der Waals surface area (Å²) < 4.78 is 2.34. The van der Waals surface area contributed by atoms with Crippen LogP contribution in [-0.2, 0) is 5.41 Å². The molecule has 2 nitrogen and oxygen atoms in total. The number of pyridine rings is 1. The van der Waals surface area contributed by atoms with Gasteiger partial charge >= 0.3 is 0 Å². The molecule has 0 saturated heterocycles. The van der Waals surface area contributed by atoms with Gasteiger partial charge in [-0.25, -0.2) is 0 Å². The zero-order valence-corrected chi connectivity index (χ0v) is 16.0. The second kappa shape index (κ2) is 5.32. The van der Waals surface area contributed by atoms with Crippen LogP contribution in [0, 0.1) is 0 Å². The summed E-state index contributed by atoms with van der Waals surface area (Å²) in [5.41, 5.74) is 10.1. The minimum absolute atomic E-state index is 0.00390. The smallest absolute Gasteiger partial charge is 0.0963 e. The molecule has 0 fully saturated rings. The van der Waals surface area contributed by atoms with Crippen LogP contribution in [0.4, 0.5) is 0 Å². The molecule has 2 aromatic heterocycles. The molecule has 2 heteroatoms. The zero-order chi connectivity index (χ0) is 18.9. The molecule has 134 valence electrons. The lowest BCUT2D eigenvalue weighted by molar-refractivity contribution is 0.661. The van der Waals surface area contributed by atoms with E-state index in [4.69, 9.17) is 4.98 Å². The van der Waals surface area contributed by atoms with Gasteiger partial charge in [0.05, 0.1) is 16.6 Å². The van der Waals surface area contributed by atoms with Gasteiger partial charge in [0.15, 0.2) is 0 Å². The monoisotopic (exact) mass is 360 g/mol. The lowest BCUT2D eigenvalue weighted by Crippen LogP contribution is -2.14. The molecule has 0 N–H and O–H groups in total. The Labute approximate surface area is 164 Å². The largest absolute Gasteiger partial charge is 0.308 e. The molecule has 28 heavy (non-hydrogen) atoms. The summed E-state index contributed by atoms with van der Waals surface area (Å²) in [5, 5.41) is 1.22. The molecule has 0 aliphatic heterocycles. The molecular weight excluding hydrogens is 340 g/mol. The number of para-hydroxylation sites is 1. The maximum absolute atomic E-state index is 4.76. The molecule has 5 aromatic rings. The van der Waals surface area contributed by atoms with E-state index in [2.05, 4.69) is 91.2 Å². The van der Waals surface area contributed by atoms with Crippen LogP contribution < -0.4 is 0 Å². The van der Waals surface area contributed by atoms with Gasteiger partial charge in [-0.05, 0) is 58.7 Å². The quantitative estimate of drug-likeness (QED) is 0.334. The van der Waals surface area contributed by atoms with Crippen LogP contribution in [0.1, 0.15) is 25.0 Å². The van der Waals surface area contributed by atoms with Crippen LogP contribution in [0.15, 0.2) is 85.1 Å². The van der Waals surface area contributed by atoms with E-state index in [0.717, 1.165) is 11.0 Å². The van der Waals surface area contributed by atoms with Gasteiger partial charge in [-0.15, -0.1) is 0 Å². The first-order chi connectivity index (χ1) is 13.7. The third-order valence-corrected chi connectivity index (χ3v) is 6.24. The van der Waals surface area contributed by atoms with Crippen LogP contribution in [0.2, 0.25) is 0 Å². The molecule has 1 aliphatic carbocycles. The lowest BCUT2D eigenvalue weighted by Gasteiger charge is -2.21. The Balaban J connectivity index is 1.80. The van der Waals surface area contributed by atoms with Gasteiger partial charge in [0.2, 0.25) is 0 Å². The normalized spacial score (nSPS) is 14.4. The fourth-order valence-corrected chi connectivity index (χ4v) is 4.88. The molecule has 3 aromatic carbocycles. The Hall–Kier alpha value is -3.39.